The summed E-state index contributed by atoms with van der Waals surface area (Å²) in [5, 5.41) is 9.12. The Kier molecular flexibility index (Phi) is 5.12. The van der Waals surface area contributed by atoms with Gasteiger partial charge >= 0.3 is 5.97 Å². The molecule has 1 aliphatic heterocycles. The molecule has 0 amide bonds. The molecule has 1 aromatic carbocycles. The second kappa shape index (κ2) is 6.65. The van der Waals surface area contributed by atoms with Gasteiger partial charge in [-0.3, -0.25) is 9.69 Å². The van der Waals surface area contributed by atoms with Crippen LogP contribution in [0.3, 0.4) is 0 Å². The van der Waals surface area contributed by atoms with E-state index in [1.165, 1.54) is 6.07 Å². The van der Waals surface area contributed by atoms with Crippen LogP contribution in [0.5, 0.6) is 0 Å². The number of carbonyl (C=O) groups is 1. The van der Waals surface area contributed by atoms with E-state index in [2.05, 4.69) is 25.7 Å². The first-order valence-corrected chi connectivity index (χ1v) is 7.36. The van der Waals surface area contributed by atoms with E-state index in [0.717, 1.165) is 30.7 Å². The first-order valence-electron chi connectivity index (χ1n) is 6.56. The van der Waals surface area contributed by atoms with Crippen molar-refractivity contribution in [1.29, 1.82) is 0 Å². The number of likely N-dealkylation sites (N-methyl/N-ethyl adjacent to an activating group) is 1. The van der Waals surface area contributed by atoms with E-state index >= 15 is 0 Å². The lowest BCUT2D eigenvalue weighted by Crippen LogP contribution is -2.46. The number of hydrogen-bond donors (Lipinski definition) is 1. The maximum absolute atomic E-state index is 14.1. The Bertz CT molecular complexity index is 490. The minimum absolute atomic E-state index is 0.0862. The molecule has 0 aliphatic carbocycles. The lowest BCUT2D eigenvalue weighted by atomic mass is 10.0. The number of aliphatic carboxylic acids is 1. The molecule has 1 N–H and O–H groups in total. The molecule has 6 heteroatoms. The summed E-state index contributed by atoms with van der Waals surface area (Å²) in [5.74, 6) is -1.26. The molecule has 1 heterocycles. The van der Waals surface area contributed by atoms with E-state index < -0.39 is 12.0 Å². The van der Waals surface area contributed by atoms with Gasteiger partial charge in [0.15, 0.2) is 0 Å². The van der Waals surface area contributed by atoms with Gasteiger partial charge in [0.2, 0.25) is 0 Å². The van der Waals surface area contributed by atoms with Gasteiger partial charge in [0, 0.05) is 42.3 Å². The summed E-state index contributed by atoms with van der Waals surface area (Å²) < 4.78 is 14.8. The Morgan fingerprint density at radius 1 is 1.40 bits per heavy atom. The van der Waals surface area contributed by atoms with Crippen molar-refractivity contribution in [2.45, 2.75) is 12.5 Å². The van der Waals surface area contributed by atoms with Gasteiger partial charge in [0.05, 0.1) is 6.42 Å². The van der Waals surface area contributed by atoms with Crippen LogP contribution in [0.15, 0.2) is 22.7 Å². The number of carboxylic acid groups (broad SMARTS) is 1. The summed E-state index contributed by atoms with van der Waals surface area (Å²) in [5.41, 5.74) is 0.450. The number of rotatable bonds is 4. The number of halogens is 2. The molecule has 4 nitrogen and oxygen atoms in total. The van der Waals surface area contributed by atoms with E-state index in [-0.39, 0.29) is 12.2 Å². The van der Waals surface area contributed by atoms with E-state index in [9.17, 15) is 9.18 Å². The Labute approximate surface area is 126 Å². The predicted octanol–water partition coefficient (Wildman–Crippen LogP) is 2.35. The van der Waals surface area contributed by atoms with Gasteiger partial charge in [-0.05, 0) is 25.2 Å². The minimum atomic E-state index is -0.909. The van der Waals surface area contributed by atoms with Crippen molar-refractivity contribution in [2.24, 2.45) is 0 Å². The monoisotopic (exact) mass is 344 g/mol. The van der Waals surface area contributed by atoms with Gasteiger partial charge < -0.3 is 10.0 Å². The molecule has 1 unspecified atom stereocenters. The minimum Gasteiger partial charge on any atom is -0.481 e. The molecule has 1 atom stereocenters. The molecule has 0 aromatic heterocycles. The van der Waals surface area contributed by atoms with Gasteiger partial charge in [0.1, 0.15) is 5.82 Å². The van der Waals surface area contributed by atoms with Crippen LogP contribution >= 0.6 is 15.9 Å². The van der Waals surface area contributed by atoms with Crippen LogP contribution < -0.4 is 0 Å². The molecule has 0 saturated carbocycles. The maximum Gasteiger partial charge on any atom is 0.305 e. The average molecular weight is 345 g/mol. The third kappa shape index (κ3) is 3.77. The van der Waals surface area contributed by atoms with Crippen LogP contribution in [0.1, 0.15) is 18.0 Å². The van der Waals surface area contributed by atoms with Gasteiger partial charge in [-0.2, -0.15) is 0 Å². The molecule has 1 aliphatic rings. The van der Waals surface area contributed by atoms with Crippen molar-refractivity contribution < 1.29 is 14.3 Å². The normalized spacial score (nSPS) is 18.9. The zero-order valence-electron chi connectivity index (χ0n) is 11.4. The molecule has 1 saturated heterocycles. The van der Waals surface area contributed by atoms with Crippen LogP contribution in [-0.2, 0) is 4.79 Å². The molecule has 0 bridgehead atoms. The lowest BCUT2D eigenvalue weighted by Gasteiger charge is -2.37. The number of benzene rings is 1. The van der Waals surface area contributed by atoms with Crippen molar-refractivity contribution in [3.05, 3.63) is 34.1 Å². The van der Waals surface area contributed by atoms with Crippen LogP contribution in [0, 0.1) is 5.82 Å². The summed E-state index contributed by atoms with van der Waals surface area (Å²) in [4.78, 5) is 15.4. The Hall–Kier alpha value is -0.980. The topological polar surface area (TPSA) is 43.8 Å². The first kappa shape index (κ1) is 15.4. The average Bonchev–Trinajstić information content (AvgIpc) is 2.40. The van der Waals surface area contributed by atoms with Crippen molar-refractivity contribution >= 4 is 21.9 Å². The third-order valence-corrected chi connectivity index (χ3v) is 4.16. The van der Waals surface area contributed by atoms with E-state index in [1.807, 2.05) is 7.05 Å². The predicted molar refractivity (Wildman–Crippen MR) is 78.2 cm³/mol. The van der Waals surface area contributed by atoms with Crippen molar-refractivity contribution in [2.75, 3.05) is 33.2 Å². The lowest BCUT2D eigenvalue weighted by molar-refractivity contribution is -0.138. The SMILES string of the molecule is CN1CCN(C(CC(=O)O)c2cc(Br)ccc2F)CC1. The van der Waals surface area contributed by atoms with Crippen molar-refractivity contribution in [3.8, 4) is 0 Å². The fourth-order valence-electron chi connectivity index (χ4n) is 2.50. The number of piperazine rings is 1. The highest BCUT2D eigenvalue weighted by atomic mass is 79.9. The second-order valence-electron chi connectivity index (χ2n) is 5.12. The molecule has 1 fully saturated rings. The third-order valence-electron chi connectivity index (χ3n) is 3.66. The largest absolute Gasteiger partial charge is 0.481 e. The van der Waals surface area contributed by atoms with Crippen LogP contribution in [0.2, 0.25) is 0 Å². The molecular weight excluding hydrogens is 327 g/mol. The Morgan fingerprint density at radius 3 is 2.65 bits per heavy atom. The summed E-state index contributed by atoms with van der Waals surface area (Å²) in [7, 11) is 2.03. The maximum atomic E-state index is 14.1. The van der Waals surface area contributed by atoms with Crippen LogP contribution in [-0.4, -0.2) is 54.1 Å². The van der Waals surface area contributed by atoms with E-state index in [1.54, 1.807) is 12.1 Å². The Morgan fingerprint density at radius 2 is 2.05 bits per heavy atom. The van der Waals surface area contributed by atoms with Crippen molar-refractivity contribution in [3.63, 3.8) is 0 Å². The summed E-state index contributed by atoms with van der Waals surface area (Å²) in [6, 6.07) is 4.27. The smallest absolute Gasteiger partial charge is 0.305 e. The molecular formula is C14H18BrFN2O2. The van der Waals surface area contributed by atoms with Gasteiger partial charge in [-0.25, -0.2) is 4.39 Å². The fraction of sp³-hybridized carbons (Fsp3) is 0.500. The van der Waals surface area contributed by atoms with Gasteiger partial charge in [-0.1, -0.05) is 15.9 Å². The molecule has 2 rings (SSSR count). The van der Waals surface area contributed by atoms with E-state index in [0.29, 0.717) is 5.56 Å². The first-order chi connectivity index (χ1) is 9.47. The quantitative estimate of drug-likeness (QED) is 0.910. The standard InChI is InChI=1S/C14H18BrFN2O2/c1-17-4-6-18(7-5-17)13(9-14(19)20)11-8-10(15)2-3-12(11)16/h2-3,8,13H,4-7,9H2,1H3,(H,19,20). The van der Waals surface area contributed by atoms with E-state index in [4.69, 9.17) is 5.11 Å². The molecule has 110 valence electrons. The van der Waals surface area contributed by atoms with Gasteiger partial charge in [0.25, 0.3) is 0 Å². The fourth-order valence-corrected chi connectivity index (χ4v) is 2.88. The highest BCUT2D eigenvalue weighted by Gasteiger charge is 2.28. The summed E-state index contributed by atoms with van der Waals surface area (Å²) in [6.45, 7) is 3.23. The zero-order chi connectivity index (χ0) is 14.7. The molecule has 1 aromatic rings. The number of carboxylic acids is 1. The summed E-state index contributed by atoms with van der Waals surface area (Å²) >= 11 is 3.32. The van der Waals surface area contributed by atoms with Gasteiger partial charge in [-0.15, -0.1) is 0 Å². The zero-order valence-corrected chi connectivity index (χ0v) is 12.9. The molecule has 0 spiro atoms. The Balaban J connectivity index is 2.27. The van der Waals surface area contributed by atoms with Crippen LogP contribution in [0.4, 0.5) is 4.39 Å². The second-order valence-corrected chi connectivity index (χ2v) is 6.03. The highest BCUT2D eigenvalue weighted by molar-refractivity contribution is 9.10. The number of hydrogen-bond acceptors (Lipinski definition) is 3. The molecule has 20 heavy (non-hydrogen) atoms. The molecule has 0 radical (unpaired) electrons. The number of nitrogens with zero attached hydrogens (tertiary/aromatic N) is 2. The highest BCUT2D eigenvalue weighted by Crippen LogP contribution is 2.29. The van der Waals surface area contributed by atoms with Crippen molar-refractivity contribution in [1.82, 2.24) is 9.80 Å². The summed E-state index contributed by atoms with van der Waals surface area (Å²) in [6.07, 6.45) is -0.0862. The van der Waals surface area contributed by atoms with Crippen LogP contribution in [0.25, 0.3) is 0 Å².